The number of halogens is 3. The molecule has 0 fully saturated rings. The maximum atomic E-state index is 12.3. The van der Waals surface area contributed by atoms with Crippen LogP contribution in [-0.2, 0) is 17.8 Å². The molecule has 0 saturated carbocycles. The molecule has 0 atom stereocenters. The van der Waals surface area contributed by atoms with Gasteiger partial charge in [-0.3, -0.25) is 0 Å². The molecule has 0 aliphatic heterocycles. The van der Waals surface area contributed by atoms with Gasteiger partial charge in [-0.25, -0.2) is 0 Å². The molecular weight excluding hydrogens is 281 g/mol. The lowest BCUT2D eigenvalue weighted by molar-refractivity contribution is -0.136. The summed E-state index contributed by atoms with van der Waals surface area (Å²) in [4.78, 5) is 0. The molecule has 0 saturated heterocycles. The van der Waals surface area contributed by atoms with Gasteiger partial charge in [-0.2, -0.15) is 13.2 Å². The number of fused-ring (bicyclic) bond motifs is 1. The maximum Gasteiger partial charge on any atom is 0.390 e. The zero-order chi connectivity index (χ0) is 15.3. The first-order chi connectivity index (χ1) is 10.0. The molecule has 0 amide bonds. The molecule has 6 heteroatoms. The quantitative estimate of drug-likeness (QED) is 0.794. The number of nitrogens with one attached hydrogen (secondary N) is 1. The van der Waals surface area contributed by atoms with E-state index < -0.39 is 12.6 Å². The highest BCUT2D eigenvalue weighted by atomic mass is 19.4. The predicted octanol–water partition coefficient (Wildman–Crippen LogP) is 3.33. The number of aromatic nitrogens is 1. The van der Waals surface area contributed by atoms with Crippen molar-refractivity contribution < 1.29 is 17.9 Å². The number of alkyl halides is 3. The molecular formula is C15H19F3N2O. The second kappa shape index (κ2) is 6.95. The first-order valence-corrected chi connectivity index (χ1v) is 6.84. The van der Waals surface area contributed by atoms with Crippen molar-refractivity contribution in [3.8, 4) is 0 Å². The highest BCUT2D eigenvalue weighted by molar-refractivity contribution is 5.83. The lowest BCUT2D eigenvalue weighted by Crippen LogP contribution is -2.18. The van der Waals surface area contributed by atoms with E-state index in [-0.39, 0.29) is 6.54 Å². The fourth-order valence-electron chi connectivity index (χ4n) is 2.28. The van der Waals surface area contributed by atoms with Crippen molar-refractivity contribution >= 4 is 10.9 Å². The number of benzene rings is 1. The van der Waals surface area contributed by atoms with Crippen LogP contribution in [0.5, 0.6) is 0 Å². The van der Waals surface area contributed by atoms with Crippen LogP contribution >= 0.6 is 0 Å². The van der Waals surface area contributed by atoms with Gasteiger partial charge in [-0.1, -0.05) is 12.1 Å². The Morgan fingerprint density at radius 1 is 1.24 bits per heavy atom. The first-order valence-electron chi connectivity index (χ1n) is 6.84. The Kier molecular flexibility index (Phi) is 5.25. The van der Waals surface area contributed by atoms with Crippen molar-refractivity contribution in [2.45, 2.75) is 25.7 Å². The van der Waals surface area contributed by atoms with Crippen LogP contribution in [0.1, 0.15) is 12.0 Å². The van der Waals surface area contributed by atoms with Gasteiger partial charge in [0.1, 0.15) is 0 Å². The fraction of sp³-hybridized carbons (Fsp3) is 0.467. The van der Waals surface area contributed by atoms with Crippen LogP contribution in [0.25, 0.3) is 10.9 Å². The molecule has 0 spiro atoms. The van der Waals surface area contributed by atoms with Crippen LogP contribution in [0.2, 0.25) is 0 Å². The van der Waals surface area contributed by atoms with Crippen LogP contribution in [-0.4, -0.2) is 31.0 Å². The Labute approximate surface area is 121 Å². The molecule has 116 valence electrons. The first kappa shape index (κ1) is 15.9. The van der Waals surface area contributed by atoms with Gasteiger partial charge in [0.15, 0.2) is 0 Å². The molecule has 1 aromatic heterocycles. The van der Waals surface area contributed by atoms with Crippen LogP contribution in [0.3, 0.4) is 0 Å². The Morgan fingerprint density at radius 2 is 2.05 bits per heavy atom. The normalized spacial score (nSPS) is 12.2. The van der Waals surface area contributed by atoms with E-state index >= 15 is 0 Å². The zero-order valence-electron chi connectivity index (χ0n) is 11.9. The molecule has 1 heterocycles. The highest BCUT2D eigenvalue weighted by Crippen LogP contribution is 2.24. The summed E-state index contributed by atoms with van der Waals surface area (Å²) in [7, 11) is 1.64. The number of aryl methyl sites for hydroxylation is 1. The third kappa shape index (κ3) is 4.47. The van der Waals surface area contributed by atoms with Crippen molar-refractivity contribution in [1.29, 1.82) is 0 Å². The summed E-state index contributed by atoms with van der Waals surface area (Å²) < 4.78 is 43.6. The average molecular weight is 300 g/mol. The molecule has 0 radical (unpaired) electrons. The predicted molar refractivity (Wildman–Crippen MR) is 76.2 cm³/mol. The van der Waals surface area contributed by atoms with Gasteiger partial charge >= 0.3 is 6.18 Å². The monoisotopic (exact) mass is 300 g/mol. The smallest absolute Gasteiger partial charge is 0.383 e. The Hall–Kier alpha value is -1.53. The number of ether oxygens (including phenoxy) is 1. The van der Waals surface area contributed by atoms with Crippen LogP contribution in [0.4, 0.5) is 13.2 Å². The van der Waals surface area contributed by atoms with E-state index in [2.05, 4.69) is 5.32 Å². The Bertz CT molecular complexity index is 578. The van der Waals surface area contributed by atoms with Gasteiger partial charge in [0.2, 0.25) is 0 Å². The third-order valence-electron chi connectivity index (χ3n) is 3.34. The van der Waals surface area contributed by atoms with Crippen molar-refractivity contribution in [3.05, 3.63) is 36.0 Å². The van der Waals surface area contributed by atoms with E-state index in [1.54, 1.807) is 17.9 Å². The summed E-state index contributed by atoms with van der Waals surface area (Å²) in [6.07, 6.45) is -3.22. The van der Waals surface area contributed by atoms with Crippen molar-refractivity contribution in [2.24, 2.45) is 0 Å². The third-order valence-corrected chi connectivity index (χ3v) is 3.34. The standard InChI is InChI=1S/C15H19F3N2O/c1-21-10-7-19-11-12-3-2-4-14-13(12)5-8-20(14)9-6-15(16,17)18/h2-5,8,19H,6-7,9-11H2,1H3. The van der Waals surface area contributed by atoms with E-state index in [9.17, 15) is 13.2 Å². The number of nitrogens with zero attached hydrogens (tertiary/aromatic N) is 1. The Morgan fingerprint density at radius 3 is 2.76 bits per heavy atom. The molecule has 1 aromatic carbocycles. The van der Waals surface area contributed by atoms with E-state index in [1.165, 1.54) is 0 Å². The summed E-state index contributed by atoms with van der Waals surface area (Å²) in [5.41, 5.74) is 1.92. The second-order valence-corrected chi connectivity index (χ2v) is 4.89. The van der Waals surface area contributed by atoms with E-state index in [0.29, 0.717) is 13.2 Å². The SMILES string of the molecule is COCCNCc1cccc2c1ccn2CCC(F)(F)F. The molecule has 1 N–H and O–H groups in total. The fourth-order valence-corrected chi connectivity index (χ4v) is 2.28. The summed E-state index contributed by atoms with van der Waals surface area (Å²) in [5.74, 6) is 0. The van der Waals surface area contributed by atoms with Gasteiger partial charge in [-0.15, -0.1) is 0 Å². The van der Waals surface area contributed by atoms with Crippen LogP contribution < -0.4 is 5.32 Å². The molecule has 2 rings (SSSR count). The second-order valence-electron chi connectivity index (χ2n) is 4.89. The van der Waals surface area contributed by atoms with E-state index in [1.807, 2.05) is 24.3 Å². The summed E-state index contributed by atoms with van der Waals surface area (Å²) in [6, 6.07) is 7.58. The van der Waals surface area contributed by atoms with Crippen LogP contribution in [0, 0.1) is 0 Å². The Balaban J connectivity index is 2.09. The summed E-state index contributed by atoms with van der Waals surface area (Å²) in [6.45, 7) is 1.99. The molecule has 0 unspecified atom stereocenters. The van der Waals surface area contributed by atoms with Crippen molar-refractivity contribution in [1.82, 2.24) is 9.88 Å². The average Bonchev–Trinajstić information content (AvgIpc) is 2.84. The lowest BCUT2D eigenvalue weighted by Gasteiger charge is -2.10. The number of hydrogen-bond acceptors (Lipinski definition) is 2. The minimum absolute atomic E-state index is 0.0481. The zero-order valence-corrected chi connectivity index (χ0v) is 11.9. The van der Waals surface area contributed by atoms with Crippen LogP contribution in [0.15, 0.2) is 30.5 Å². The van der Waals surface area contributed by atoms with Gasteiger partial charge in [0.25, 0.3) is 0 Å². The van der Waals surface area contributed by atoms with Gasteiger partial charge in [0.05, 0.1) is 13.0 Å². The minimum Gasteiger partial charge on any atom is -0.383 e. The van der Waals surface area contributed by atoms with Gasteiger partial charge in [-0.05, 0) is 17.7 Å². The summed E-state index contributed by atoms with van der Waals surface area (Å²) >= 11 is 0. The molecule has 21 heavy (non-hydrogen) atoms. The van der Waals surface area contributed by atoms with Crippen molar-refractivity contribution in [3.63, 3.8) is 0 Å². The van der Waals surface area contributed by atoms with E-state index in [4.69, 9.17) is 4.74 Å². The molecule has 0 bridgehead atoms. The van der Waals surface area contributed by atoms with Crippen molar-refractivity contribution in [2.75, 3.05) is 20.3 Å². The lowest BCUT2D eigenvalue weighted by atomic mass is 10.1. The number of methoxy groups -OCH3 is 1. The largest absolute Gasteiger partial charge is 0.390 e. The molecule has 2 aromatic rings. The van der Waals surface area contributed by atoms with E-state index in [0.717, 1.165) is 23.0 Å². The molecule has 3 nitrogen and oxygen atoms in total. The maximum absolute atomic E-state index is 12.3. The molecule has 0 aliphatic carbocycles. The topological polar surface area (TPSA) is 26.2 Å². The number of rotatable bonds is 7. The van der Waals surface area contributed by atoms with Gasteiger partial charge in [0, 0.05) is 43.8 Å². The molecule has 0 aliphatic rings. The summed E-state index contributed by atoms with van der Waals surface area (Å²) in [5, 5.41) is 4.24. The minimum atomic E-state index is -4.13. The number of hydrogen-bond donors (Lipinski definition) is 1. The highest BCUT2D eigenvalue weighted by Gasteiger charge is 2.26. The van der Waals surface area contributed by atoms with Gasteiger partial charge < -0.3 is 14.6 Å².